The van der Waals surface area contributed by atoms with Gasteiger partial charge < -0.3 is 10.2 Å². The Kier molecular flexibility index (Phi) is 10.0. The van der Waals surface area contributed by atoms with Crippen molar-refractivity contribution in [3.63, 3.8) is 0 Å². The van der Waals surface area contributed by atoms with Gasteiger partial charge in [0.2, 0.25) is 11.8 Å². The Hall–Kier alpha value is -3.72. The Balaban J connectivity index is 2.00. The second-order valence-corrected chi connectivity index (χ2v) is 11.0. The minimum Gasteiger partial charge on any atom is -0.354 e. The number of unbranched alkanes of at least 4 members (excludes halogenated alkanes) is 1. The summed E-state index contributed by atoms with van der Waals surface area (Å²) < 4.78 is 43.0. The van der Waals surface area contributed by atoms with Crippen molar-refractivity contribution >= 4 is 27.5 Å². The van der Waals surface area contributed by atoms with Crippen LogP contribution in [-0.4, -0.2) is 44.3 Å². The minimum absolute atomic E-state index is 0.0281. The van der Waals surface area contributed by atoms with Crippen molar-refractivity contribution in [3.8, 4) is 0 Å². The Bertz CT molecular complexity index is 1350. The SMILES string of the molecule is CCCCNC(=O)C(C)N(Cc1ccccc1F)C(=O)CN(c1cccc(C)c1)S(=O)(=O)c1ccccc1. The molecule has 3 rings (SSSR count). The summed E-state index contributed by atoms with van der Waals surface area (Å²) in [5.41, 5.74) is 1.35. The molecule has 1 N–H and O–H groups in total. The number of benzene rings is 3. The maximum absolute atomic E-state index is 14.6. The first-order valence-corrected chi connectivity index (χ1v) is 14.0. The number of halogens is 1. The molecule has 0 saturated carbocycles. The molecule has 2 amide bonds. The summed E-state index contributed by atoms with van der Waals surface area (Å²) in [7, 11) is -4.13. The second-order valence-electron chi connectivity index (χ2n) is 9.10. The number of hydrogen-bond donors (Lipinski definition) is 1. The average molecular weight is 540 g/mol. The van der Waals surface area contributed by atoms with Gasteiger partial charge in [0.1, 0.15) is 18.4 Å². The molecule has 0 saturated heterocycles. The quantitative estimate of drug-likeness (QED) is 0.339. The lowest BCUT2D eigenvalue weighted by Crippen LogP contribution is -2.51. The molecule has 0 radical (unpaired) electrons. The summed E-state index contributed by atoms with van der Waals surface area (Å²) >= 11 is 0. The predicted octanol–water partition coefficient (Wildman–Crippen LogP) is 4.66. The molecular formula is C29H34FN3O4S. The lowest BCUT2D eigenvalue weighted by molar-refractivity contribution is -0.139. The third-order valence-electron chi connectivity index (χ3n) is 6.20. The molecule has 7 nitrogen and oxygen atoms in total. The first kappa shape index (κ1) is 28.8. The number of nitrogens with one attached hydrogen (secondary N) is 1. The summed E-state index contributed by atoms with van der Waals surface area (Å²) in [6.07, 6.45) is 1.66. The highest BCUT2D eigenvalue weighted by molar-refractivity contribution is 7.92. The number of carbonyl (C=O) groups excluding carboxylic acids is 2. The molecule has 0 aromatic heterocycles. The highest BCUT2D eigenvalue weighted by atomic mass is 32.2. The van der Waals surface area contributed by atoms with Crippen LogP contribution >= 0.6 is 0 Å². The third kappa shape index (κ3) is 7.19. The summed E-state index contributed by atoms with van der Waals surface area (Å²) in [6, 6.07) is 19.7. The normalized spacial score (nSPS) is 12.0. The predicted molar refractivity (Wildman–Crippen MR) is 146 cm³/mol. The fraction of sp³-hybridized carbons (Fsp3) is 0.310. The molecular weight excluding hydrogens is 505 g/mol. The van der Waals surface area contributed by atoms with Crippen LogP contribution in [0.15, 0.2) is 83.8 Å². The summed E-state index contributed by atoms with van der Waals surface area (Å²) in [4.78, 5) is 28.0. The molecule has 0 spiro atoms. The standard InChI is InChI=1S/C29H34FN3O4S/c1-4-5-18-31-29(35)23(3)32(20-24-13-9-10-17-27(24)30)28(34)21-33(25-14-11-12-22(2)19-25)38(36,37)26-15-7-6-8-16-26/h6-17,19,23H,4-5,18,20-21H2,1-3H3,(H,31,35). The average Bonchev–Trinajstić information content (AvgIpc) is 2.91. The van der Waals surface area contributed by atoms with E-state index < -0.39 is 40.2 Å². The number of aryl methyl sites for hydroxylation is 1. The van der Waals surface area contributed by atoms with Crippen molar-refractivity contribution in [1.82, 2.24) is 10.2 Å². The molecule has 202 valence electrons. The third-order valence-corrected chi connectivity index (χ3v) is 7.98. The fourth-order valence-corrected chi connectivity index (χ4v) is 5.39. The molecule has 1 atom stereocenters. The number of carbonyl (C=O) groups is 2. The van der Waals surface area contributed by atoms with Crippen molar-refractivity contribution in [2.45, 2.75) is 51.1 Å². The zero-order chi connectivity index (χ0) is 27.7. The van der Waals surface area contributed by atoms with Crippen LogP contribution in [0.2, 0.25) is 0 Å². The van der Waals surface area contributed by atoms with Gasteiger partial charge >= 0.3 is 0 Å². The summed E-state index contributed by atoms with van der Waals surface area (Å²) in [5, 5.41) is 2.81. The van der Waals surface area contributed by atoms with E-state index in [1.54, 1.807) is 49.4 Å². The van der Waals surface area contributed by atoms with E-state index in [-0.39, 0.29) is 17.0 Å². The molecule has 0 bridgehead atoms. The number of nitrogens with zero attached hydrogens (tertiary/aromatic N) is 2. The van der Waals surface area contributed by atoms with Gasteiger partial charge in [-0.3, -0.25) is 13.9 Å². The molecule has 3 aromatic rings. The smallest absolute Gasteiger partial charge is 0.264 e. The van der Waals surface area contributed by atoms with Crippen LogP contribution in [0.5, 0.6) is 0 Å². The van der Waals surface area contributed by atoms with Gasteiger partial charge in [0, 0.05) is 18.7 Å². The van der Waals surface area contributed by atoms with E-state index >= 15 is 0 Å². The number of hydrogen-bond acceptors (Lipinski definition) is 4. The van der Waals surface area contributed by atoms with E-state index in [1.807, 2.05) is 19.9 Å². The van der Waals surface area contributed by atoms with Crippen molar-refractivity contribution in [3.05, 3.63) is 95.8 Å². The highest BCUT2D eigenvalue weighted by Crippen LogP contribution is 2.25. The molecule has 0 aliphatic rings. The first-order valence-electron chi connectivity index (χ1n) is 12.6. The monoisotopic (exact) mass is 539 g/mol. The van der Waals surface area contributed by atoms with Gasteiger partial charge in [-0.05, 0) is 56.2 Å². The van der Waals surface area contributed by atoms with E-state index in [0.717, 1.165) is 22.7 Å². The zero-order valence-electron chi connectivity index (χ0n) is 21.9. The van der Waals surface area contributed by atoms with Crippen LogP contribution in [0.1, 0.15) is 37.8 Å². The van der Waals surface area contributed by atoms with Crippen molar-refractivity contribution in [1.29, 1.82) is 0 Å². The number of rotatable bonds is 12. The lowest BCUT2D eigenvalue weighted by atomic mass is 10.1. The van der Waals surface area contributed by atoms with Crippen molar-refractivity contribution in [2.24, 2.45) is 0 Å². The maximum Gasteiger partial charge on any atom is 0.264 e. The maximum atomic E-state index is 14.6. The van der Waals surface area contributed by atoms with Crippen molar-refractivity contribution in [2.75, 3.05) is 17.4 Å². The van der Waals surface area contributed by atoms with Gasteiger partial charge in [-0.1, -0.05) is 61.9 Å². The van der Waals surface area contributed by atoms with Gasteiger partial charge in [-0.2, -0.15) is 0 Å². The van der Waals surface area contributed by atoms with Gasteiger partial charge in [0.05, 0.1) is 10.6 Å². The highest BCUT2D eigenvalue weighted by Gasteiger charge is 2.32. The Morgan fingerprint density at radius 3 is 2.32 bits per heavy atom. The Morgan fingerprint density at radius 1 is 0.974 bits per heavy atom. The van der Waals surface area contributed by atoms with Gasteiger partial charge in [0.15, 0.2) is 0 Å². The van der Waals surface area contributed by atoms with Crippen LogP contribution in [0.25, 0.3) is 0 Å². The van der Waals surface area contributed by atoms with Crippen LogP contribution in [0.4, 0.5) is 10.1 Å². The number of sulfonamides is 1. The van der Waals surface area contributed by atoms with Crippen LogP contribution in [0, 0.1) is 12.7 Å². The topological polar surface area (TPSA) is 86.8 Å². The lowest BCUT2D eigenvalue weighted by Gasteiger charge is -2.32. The zero-order valence-corrected chi connectivity index (χ0v) is 22.7. The number of anilines is 1. The number of amides is 2. The van der Waals surface area contributed by atoms with Crippen LogP contribution in [-0.2, 0) is 26.2 Å². The van der Waals surface area contributed by atoms with E-state index in [9.17, 15) is 22.4 Å². The molecule has 0 heterocycles. The summed E-state index contributed by atoms with van der Waals surface area (Å²) in [5.74, 6) is -1.54. The molecule has 0 aliphatic carbocycles. The van der Waals surface area contributed by atoms with Crippen molar-refractivity contribution < 1.29 is 22.4 Å². The summed E-state index contributed by atoms with van der Waals surface area (Å²) in [6.45, 7) is 5.06. The first-order chi connectivity index (χ1) is 18.1. The van der Waals surface area contributed by atoms with Crippen LogP contribution in [0.3, 0.4) is 0 Å². The van der Waals surface area contributed by atoms with E-state index in [4.69, 9.17) is 0 Å². The van der Waals surface area contributed by atoms with Crippen LogP contribution < -0.4 is 9.62 Å². The van der Waals surface area contributed by atoms with E-state index in [0.29, 0.717) is 12.2 Å². The largest absolute Gasteiger partial charge is 0.354 e. The van der Waals surface area contributed by atoms with Gasteiger partial charge in [-0.15, -0.1) is 0 Å². The Morgan fingerprint density at radius 2 is 1.66 bits per heavy atom. The fourth-order valence-electron chi connectivity index (χ4n) is 3.96. The molecule has 3 aromatic carbocycles. The molecule has 9 heteroatoms. The molecule has 1 unspecified atom stereocenters. The van der Waals surface area contributed by atoms with Gasteiger partial charge in [-0.25, -0.2) is 12.8 Å². The molecule has 38 heavy (non-hydrogen) atoms. The molecule has 0 fully saturated rings. The minimum atomic E-state index is -4.13. The Labute approximate surface area is 224 Å². The van der Waals surface area contributed by atoms with E-state index in [2.05, 4.69) is 5.32 Å². The second kappa shape index (κ2) is 13.2. The van der Waals surface area contributed by atoms with E-state index in [1.165, 1.54) is 35.2 Å². The van der Waals surface area contributed by atoms with Gasteiger partial charge in [0.25, 0.3) is 10.0 Å². The molecule has 0 aliphatic heterocycles.